The number of nitrogens with one attached hydrogen (secondary N) is 1. The van der Waals surface area contributed by atoms with Gasteiger partial charge in [-0.05, 0) is 17.7 Å². The molecule has 3 aromatic rings. The zero-order chi connectivity index (χ0) is 17.9. The number of carbonyl (C=O) groups is 1. The van der Waals surface area contributed by atoms with Crippen molar-refractivity contribution in [3.63, 3.8) is 0 Å². The molecule has 0 saturated carbocycles. The summed E-state index contributed by atoms with van der Waals surface area (Å²) in [5.74, 6) is -0.455. The highest BCUT2D eigenvalue weighted by Gasteiger charge is 2.22. The first-order chi connectivity index (χ1) is 12.7. The molecule has 1 aliphatic heterocycles. The smallest absolute Gasteiger partial charge is 0.417 e. The number of H-pyrrole nitrogens is 1. The van der Waals surface area contributed by atoms with Crippen LogP contribution in [0.15, 0.2) is 57.7 Å². The lowest BCUT2D eigenvalue weighted by molar-refractivity contribution is 0.0942. The van der Waals surface area contributed by atoms with Gasteiger partial charge in [-0.3, -0.25) is 4.98 Å². The Kier molecular flexibility index (Phi) is 4.35. The second-order valence-electron chi connectivity index (χ2n) is 6.21. The van der Waals surface area contributed by atoms with Crippen LogP contribution in [-0.4, -0.2) is 42.2 Å². The number of anilines is 1. The molecule has 2 aromatic carbocycles. The highest BCUT2D eigenvalue weighted by molar-refractivity contribution is 5.77. The summed E-state index contributed by atoms with van der Waals surface area (Å²) in [6.45, 7) is 2.84. The van der Waals surface area contributed by atoms with Gasteiger partial charge in [-0.15, -0.1) is 0 Å². The molecule has 0 spiro atoms. The molecule has 4 rings (SSSR count). The van der Waals surface area contributed by atoms with Crippen LogP contribution < -0.4 is 10.7 Å². The van der Waals surface area contributed by atoms with Crippen LogP contribution in [0, 0.1) is 0 Å². The van der Waals surface area contributed by atoms with Gasteiger partial charge in [-0.1, -0.05) is 30.3 Å². The number of oxazole rings is 1. The Morgan fingerprint density at radius 2 is 1.85 bits per heavy atom. The fraction of sp³-hybridized carbons (Fsp3) is 0.263. The van der Waals surface area contributed by atoms with Crippen molar-refractivity contribution in [2.75, 3.05) is 31.1 Å². The third-order valence-corrected chi connectivity index (χ3v) is 4.51. The summed E-state index contributed by atoms with van der Waals surface area (Å²) in [5.41, 5.74) is 3.16. The Balaban J connectivity index is 1.34. The van der Waals surface area contributed by atoms with Crippen LogP contribution >= 0.6 is 0 Å². The number of piperazine rings is 1. The fourth-order valence-electron chi connectivity index (χ4n) is 3.09. The van der Waals surface area contributed by atoms with Gasteiger partial charge in [0.25, 0.3) is 0 Å². The number of ether oxygens (including phenoxy) is 1. The summed E-state index contributed by atoms with van der Waals surface area (Å²) >= 11 is 0. The van der Waals surface area contributed by atoms with E-state index in [1.54, 1.807) is 4.90 Å². The second-order valence-corrected chi connectivity index (χ2v) is 6.21. The van der Waals surface area contributed by atoms with E-state index in [4.69, 9.17) is 9.15 Å². The van der Waals surface area contributed by atoms with Crippen LogP contribution in [0.4, 0.5) is 10.5 Å². The molecule has 134 valence electrons. The standard InChI is InChI=1S/C19H19N3O4/c23-18-20-16-7-6-15(12-17(16)26-18)21-8-10-22(11-9-21)19(24)25-13-14-4-2-1-3-5-14/h1-7,12H,8-11,13H2,(H,20,23). The first-order valence-electron chi connectivity index (χ1n) is 8.52. The number of amides is 1. The second kappa shape index (κ2) is 6.95. The summed E-state index contributed by atoms with van der Waals surface area (Å²) in [7, 11) is 0. The van der Waals surface area contributed by atoms with Gasteiger partial charge in [0.1, 0.15) is 6.61 Å². The molecule has 7 nitrogen and oxygen atoms in total. The van der Waals surface area contributed by atoms with E-state index in [-0.39, 0.29) is 12.7 Å². The predicted molar refractivity (Wildman–Crippen MR) is 97.2 cm³/mol. The molecule has 1 N–H and O–H groups in total. The van der Waals surface area contributed by atoms with Crippen molar-refractivity contribution in [2.24, 2.45) is 0 Å². The van der Waals surface area contributed by atoms with Crippen LogP contribution in [0.1, 0.15) is 5.56 Å². The molecule has 1 saturated heterocycles. The minimum atomic E-state index is -0.455. The minimum Gasteiger partial charge on any atom is -0.445 e. The number of aromatic nitrogens is 1. The molecule has 7 heteroatoms. The molecule has 0 aliphatic carbocycles. The van der Waals surface area contributed by atoms with E-state index in [2.05, 4.69) is 9.88 Å². The van der Waals surface area contributed by atoms with E-state index in [1.807, 2.05) is 48.5 Å². The van der Waals surface area contributed by atoms with Crippen LogP contribution in [0.5, 0.6) is 0 Å². The molecule has 0 unspecified atom stereocenters. The van der Waals surface area contributed by atoms with Crippen LogP contribution in [0.2, 0.25) is 0 Å². The zero-order valence-corrected chi connectivity index (χ0v) is 14.2. The average Bonchev–Trinajstić information content (AvgIpc) is 3.06. The van der Waals surface area contributed by atoms with Gasteiger partial charge in [0.2, 0.25) is 0 Å². The Hall–Kier alpha value is -3.22. The number of fused-ring (bicyclic) bond motifs is 1. The maximum Gasteiger partial charge on any atom is 0.417 e. The first kappa shape index (κ1) is 16.3. The molecule has 2 heterocycles. The van der Waals surface area contributed by atoms with E-state index >= 15 is 0 Å². The summed E-state index contributed by atoms with van der Waals surface area (Å²) in [4.78, 5) is 30.0. The third-order valence-electron chi connectivity index (χ3n) is 4.51. The Morgan fingerprint density at radius 3 is 2.62 bits per heavy atom. The largest absolute Gasteiger partial charge is 0.445 e. The Labute approximate surface area is 149 Å². The molecule has 1 aliphatic rings. The average molecular weight is 353 g/mol. The molecule has 0 atom stereocenters. The zero-order valence-electron chi connectivity index (χ0n) is 14.2. The number of aromatic amines is 1. The third kappa shape index (κ3) is 3.42. The first-order valence-corrected chi connectivity index (χ1v) is 8.52. The summed E-state index contributed by atoms with van der Waals surface area (Å²) in [6, 6.07) is 15.3. The maximum absolute atomic E-state index is 12.2. The number of hydrogen-bond donors (Lipinski definition) is 1. The molecule has 1 fully saturated rings. The number of nitrogens with zero attached hydrogens (tertiary/aromatic N) is 2. The van der Waals surface area contributed by atoms with Crippen molar-refractivity contribution in [2.45, 2.75) is 6.61 Å². The minimum absolute atomic E-state index is 0.281. The van der Waals surface area contributed by atoms with Crippen molar-refractivity contribution in [1.82, 2.24) is 9.88 Å². The SMILES string of the molecule is O=C(OCc1ccccc1)N1CCN(c2ccc3[nH]c(=O)oc3c2)CC1. The van der Waals surface area contributed by atoms with E-state index in [0.29, 0.717) is 37.3 Å². The molecule has 0 radical (unpaired) electrons. The summed E-state index contributed by atoms with van der Waals surface area (Å²) in [6.07, 6.45) is -0.291. The predicted octanol–water partition coefficient (Wildman–Crippen LogP) is 2.58. The number of carbonyl (C=O) groups excluding carboxylic acids is 1. The summed E-state index contributed by atoms with van der Waals surface area (Å²) < 4.78 is 10.5. The lowest BCUT2D eigenvalue weighted by Crippen LogP contribution is -2.48. The quantitative estimate of drug-likeness (QED) is 0.783. The van der Waals surface area contributed by atoms with E-state index in [0.717, 1.165) is 11.3 Å². The molecular weight excluding hydrogens is 334 g/mol. The number of hydrogen-bond acceptors (Lipinski definition) is 5. The van der Waals surface area contributed by atoms with Gasteiger partial charge in [0.05, 0.1) is 5.52 Å². The van der Waals surface area contributed by atoms with Crippen molar-refractivity contribution in [3.8, 4) is 0 Å². The van der Waals surface area contributed by atoms with Gasteiger partial charge < -0.3 is 19.0 Å². The lowest BCUT2D eigenvalue weighted by Gasteiger charge is -2.35. The Bertz CT molecular complexity index is 956. The lowest BCUT2D eigenvalue weighted by atomic mass is 10.2. The number of benzene rings is 2. The highest BCUT2D eigenvalue weighted by Crippen LogP contribution is 2.21. The molecular formula is C19H19N3O4. The monoisotopic (exact) mass is 353 g/mol. The van der Waals surface area contributed by atoms with Crippen molar-refractivity contribution >= 4 is 22.9 Å². The van der Waals surface area contributed by atoms with Crippen LogP contribution in [-0.2, 0) is 11.3 Å². The van der Waals surface area contributed by atoms with Gasteiger partial charge in [-0.2, -0.15) is 0 Å². The molecule has 26 heavy (non-hydrogen) atoms. The van der Waals surface area contributed by atoms with Crippen LogP contribution in [0.25, 0.3) is 11.1 Å². The van der Waals surface area contributed by atoms with Gasteiger partial charge in [0.15, 0.2) is 5.58 Å². The van der Waals surface area contributed by atoms with Crippen LogP contribution in [0.3, 0.4) is 0 Å². The molecule has 1 aromatic heterocycles. The van der Waals surface area contributed by atoms with Gasteiger partial charge >= 0.3 is 11.8 Å². The van der Waals surface area contributed by atoms with Gasteiger partial charge in [-0.25, -0.2) is 9.59 Å². The Morgan fingerprint density at radius 1 is 1.08 bits per heavy atom. The maximum atomic E-state index is 12.2. The van der Waals surface area contributed by atoms with Gasteiger partial charge in [0, 0.05) is 37.9 Å². The van der Waals surface area contributed by atoms with E-state index in [1.165, 1.54) is 0 Å². The molecule has 1 amide bonds. The fourth-order valence-corrected chi connectivity index (χ4v) is 3.09. The molecule has 0 bridgehead atoms. The van der Waals surface area contributed by atoms with Crippen molar-refractivity contribution < 1.29 is 13.9 Å². The van der Waals surface area contributed by atoms with E-state index in [9.17, 15) is 9.59 Å². The highest BCUT2D eigenvalue weighted by atomic mass is 16.6. The normalized spacial score (nSPS) is 14.6. The summed E-state index contributed by atoms with van der Waals surface area (Å²) in [5, 5.41) is 0. The van der Waals surface area contributed by atoms with Crippen molar-refractivity contribution in [3.05, 3.63) is 64.6 Å². The topological polar surface area (TPSA) is 78.8 Å². The van der Waals surface area contributed by atoms with E-state index < -0.39 is 5.76 Å². The van der Waals surface area contributed by atoms with Crippen molar-refractivity contribution in [1.29, 1.82) is 0 Å². The number of rotatable bonds is 3.